The highest BCUT2D eigenvalue weighted by atomic mass is 32.1. The Balaban J connectivity index is 1.31. The number of para-hydroxylation sites is 1. The number of nitrogens with one attached hydrogen (secondary N) is 3. The number of hydrogen-bond acceptors (Lipinski definition) is 6. The highest BCUT2D eigenvalue weighted by Gasteiger charge is 2.24. The van der Waals surface area contributed by atoms with Crippen molar-refractivity contribution in [2.75, 3.05) is 29.6 Å². The summed E-state index contributed by atoms with van der Waals surface area (Å²) < 4.78 is 0. The van der Waals surface area contributed by atoms with Crippen molar-refractivity contribution in [1.82, 2.24) is 15.3 Å². The summed E-state index contributed by atoms with van der Waals surface area (Å²) in [4.78, 5) is 11.8. The van der Waals surface area contributed by atoms with E-state index in [4.69, 9.17) is 22.2 Å². The largest absolute Gasteiger partial charge is 0.362 e. The van der Waals surface area contributed by atoms with Gasteiger partial charge >= 0.3 is 0 Å². The summed E-state index contributed by atoms with van der Waals surface area (Å²) in [6, 6.07) is 10.3. The van der Waals surface area contributed by atoms with Gasteiger partial charge in [-0.2, -0.15) is 10.2 Å². The summed E-state index contributed by atoms with van der Waals surface area (Å²) >= 11 is 5.48. The third-order valence-electron chi connectivity index (χ3n) is 6.28. The van der Waals surface area contributed by atoms with Gasteiger partial charge in [-0.05, 0) is 75.7 Å². The van der Waals surface area contributed by atoms with E-state index in [0.29, 0.717) is 22.8 Å². The lowest BCUT2D eigenvalue weighted by molar-refractivity contribution is 0.387. The van der Waals surface area contributed by atoms with Crippen LogP contribution in [0, 0.1) is 11.3 Å². The van der Waals surface area contributed by atoms with Crippen LogP contribution in [0.2, 0.25) is 0 Å². The van der Waals surface area contributed by atoms with Crippen LogP contribution in [0.1, 0.15) is 55.3 Å². The maximum atomic E-state index is 9.24. The summed E-state index contributed by atoms with van der Waals surface area (Å²) in [5.74, 6) is 1.82. The molecule has 0 aliphatic heterocycles. The third kappa shape index (κ3) is 5.28. The van der Waals surface area contributed by atoms with Crippen LogP contribution < -0.4 is 20.9 Å². The van der Waals surface area contributed by atoms with Crippen molar-refractivity contribution < 1.29 is 0 Å². The van der Waals surface area contributed by atoms with E-state index in [9.17, 15) is 5.26 Å². The zero-order valence-corrected chi connectivity index (χ0v) is 19.6. The van der Waals surface area contributed by atoms with Crippen LogP contribution in [0.25, 0.3) is 0 Å². The molecule has 1 fully saturated rings. The first-order chi connectivity index (χ1) is 15.5. The summed E-state index contributed by atoms with van der Waals surface area (Å²) in [5.41, 5.74) is 3.86. The first-order valence-electron chi connectivity index (χ1n) is 11.4. The zero-order chi connectivity index (χ0) is 22.5. The Morgan fingerprint density at radius 2 is 1.78 bits per heavy atom. The molecular formula is C24H31N7S. The van der Waals surface area contributed by atoms with E-state index in [1.807, 2.05) is 18.2 Å². The van der Waals surface area contributed by atoms with Crippen molar-refractivity contribution in [1.29, 1.82) is 5.26 Å². The normalized spacial score (nSPS) is 19.9. The first kappa shape index (κ1) is 22.3. The fourth-order valence-electron chi connectivity index (χ4n) is 4.61. The summed E-state index contributed by atoms with van der Waals surface area (Å²) in [5, 5.41) is 20.0. The van der Waals surface area contributed by atoms with Gasteiger partial charge in [0, 0.05) is 31.7 Å². The van der Waals surface area contributed by atoms with E-state index in [1.165, 1.54) is 24.1 Å². The van der Waals surface area contributed by atoms with Gasteiger partial charge in [0.05, 0.1) is 16.9 Å². The Morgan fingerprint density at radius 1 is 1.06 bits per heavy atom. The Hall–Kier alpha value is -2.92. The zero-order valence-electron chi connectivity index (χ0n) is 18.8. The van der Waals surface area contributed by atoms with Gasteiger partial charge in [-0.25, -0.2) is 4.98 Å². The fourth-order valence-corrected chi connectivity index (χ4v) is 4.88. The molecule has 0 spiro atoms. The minimum atomic E-state index is 0.323. The molecule has 168 valence electrons. The molecule has 0 saturated heterocycles. The molecule has 0 atom stereocenters. The number of rotatable bonds is 5. The van der Waals surface area contributed by atoms with E-state index in [0.717, 1.165) is 56.0 Å². The number of nitrogens with zero attached hydrogens (tertiary/aromatic N) is 4. The average molecular weight is 450 g/mol. The number of aromatic nitrogens is 2. The summed E-state index contributed by atoms with van der Waals surface area (Å²) in [6.45, 7) is 0. The Morgan fingerprint density at radius 3 is 2.53 bits per heavy atom. The molecule has 2 aromatic rings. The number of nitriles is 1. The van der Waals surface area contributed by atoms with Gasteiger partial charge in [0.15, 0.2) is 5.11 Å². The maximum absolute atomic E-state index is 9.24. The van der Waals surface area contributed by atoms with Gasteiger partial charge in [-0.1, -0.05) is 12.1 Å². The second kappa shape index (κ2) is 10.1. The van der Waals surface area contributed by atoms with Gasteiger partial charge in [0.2, 0.25) is 5.95 Å². The second-order valence-electron chi connectivity index (χ2n) is 8.85. The van der Waals surface area contributed by atoms with Crippen molar-refractivity contribution in [3.8, 4) is 6.07 Å². The molecule has 4 rings (SSSR count). The number of aryl methyl sites for hydroxylation is 1. The van der Waals surface area contributed by atoms with Crippen LogP contribution in [-0.4, -0.2) is 41.3 Å². The standard InChI is InChI=1S/C24H31N7S/c1-31(2)22-19-8-4-6-10-21(19)28-23(30-22)26-17-11-13-18(14-12-17)27-24(32)29-20-9-5-3-7-16(20)15-25/h3,5,7,9,17-18H,4,6,8,10-14H2,1-2H3,(H,26,28,30)(H2,27,29,32)/t17-,18+. The quantitative estimate of drug-likeness (QED) is 0.590. The lowest BCUT2D eigenvalue weighted by Gasteiger charge is -2.31. The van der Waals surface area contributed by atoms with E-state index >= 15 is 0 Å². The van der Waals surface area contributed by atoms with E-state index < -0.39 is 0 Å². The Labute approximate surface area is 195 Å². The molecule has 0 amide bonds. The lowest BCUT2D eigenvalue weighted by Crippen LogP contribution is -2.42. The van der Waals surface area contributed by atoms with Crippen molar-refractivity contribution in [2.45, 2.75) is 63.5 Å². The lowest BCUT2D eigenvalue weighted by atomic mass is 9.91. The van der Waals surface area contributed by atoms with Gasteiger partial charge in [-0.15, -0.1) is 0 Å². The predicted molar refractivity (Wildman–Crippen MR) is 133 cm³/mol. The molecule has 1 heterocycles. The van der Waals surface area contributed by atoms with Crippen LogP contribution in [0.15, 0.2) is 24.3 Å². The van der Waals surface area contributed by atoms with Crippen molar-refractivity contribution in [3.05, 3.63) is 41.1 Å². The van der Waals surface area contributed by atoms with Crippen molar-refractivity contribution in [3.63, 3.8) is 0 Å². The van der Waals surface area contributed by atoms with Gasteiger partial charge < -0.3 is 20.9 Å². The van der Waals surface area contributed by atoms with Crippen molar-refractivity contribution >= 4 is 34.8 Å². The molecule has 7 nitrogen and oxygen atoms in total. The molecule has 1 aromatic carbocycles. The van der Waals surface area contributed by atoms with Crippen LogP contribution >= 0.6 is 12.2 Å². The number of benzene rings is 1. The highest BCUT2D eigenvalue weighted by molar-refractivity contribution is 7.80. The Bertz CT molecular complexity index is 1010. The van der Waals surface area contributed by atoms with Gasteiger partial charge in [0.1, 0.15) is 11.9 Å². The minimum Gasteiger partial charge on any atom is -0.362 e. The van der Waals surface area contributed by atoms with E-state index in [1.54, 1.807) is 6.07 Å². The molecular weight excluding hydrogens is 418 g/mol. The third-order valence-corrected chi connectivity index (χ3v) is 6.50. The van der Waals surface area contributed by atoms with Gasteiger partial charge in [0.25, 0.3) is 0 Å². The van der Waals surface area contributed by atoms with E-state index in [-0.39, 0.29) is 0 Å². The van der Waals surface area contributed by atoms with Crippen LogP contribution in [0.3, 0.4) is 0 Å². The van der Waals surface area contributed by atoms with Crippen LogP contribution in [0.5, 0.6) is 0 Å². The molecule has 0 unspecified atom stereocenters. The van der Waals surface area contributed by atoms with Crippen LogP contribution in [0.4, 0.5) is 17.5 Å². The number of anilines is 3. The maximum Gasteiger partial charge on any atom is 0.225 e. The molecule has 1 saturated carbocycles. The summed E-state index contributed by atoms with van der Waals surface area (Å²) in [6.07, 6.45) is 8.66. The predicted octanol–water partition coefficient (Wildman–Crippen LogP) is 4.00. The number of thiocarbonyl (C=S) groups is 1. The van der Waals surface area contributed by atoms with E-state index in [2.05, 4.69) is 41.0 Å². The fraction of sp³-hybridized carbons (Fsp3) is 0.500. The molecule has 0 bridgehead atoms. The first-order valence-corrected chi connectivity index (χ1v) is 11.8. The molecule has 2 aliphatic carbocycles. The molecule has 8 heteroatoms. The van der Waals surface area contributed by atoms with Gasteiger partial charge in [-0.3, -0.25) is 0 Å². The minimum absolute atomic E-state index is 0.323. The van der Waals surface area contributed by atoms with Crippen molar-refractivity contribution in [2.24, 2.45) is 0 Å². The molecule has 3 N–H and O–H groups in total. The smallest absolute Gasteiger partial charge is 0.225 e. The van der Waals surface area contributed by atoms with Crippen LogP contribution in [-0.2, 0) is 12.8 Å². The second-order valence-corrected chi connectivity index (χ2v) is 9.25. The monoisotopic (exact) mass is 449 g/mol. The Kier molecular flexibility index (Phi) is 7.05. The number of hydrogen-bond donors (Lipinski definition) is 3. The molecule has 0 radical (unpaired) electrons. The average Bonchev–Trinajstić information content (AvgIpc) is 2.80. The SMILES string of the molecule is CN(C)c1nc(N[C@H]2CC[C@@H](NC(=S)Nc3ccccc3C#N)CC2)nc2c1CCCC2. The molecule has 1 aromatic heterocycles. The number of fused-ring (bicyclic) bond motifs is 1. The topological polar surface area (TPSA) is 88.9 Å². The highest BCUT2D eigenvalue weighted by Crippen LogP contribution is 2.29. The molecule has 2 aliphatic rings. The molecule has 32 heavy (non-hydrogen) atoms. The summed E-state index contributed by atoms with van der Waals surface area (Å²) in [7, 11) is 4.12.